The molecule has 1 aliphatic heterocycles. The lowest BCUT2D eigenvalue weighted by Gasteiger charge is -2.28. The summed E-state index contributed by atoms with van der Waals surface area (Å²) >= 11 is 2.92. The van der Waals surface area contributed by atoms with Gasteiger partial charge in [-0.3, -0.25) is 4.79 Å². The first-order valence-electron chi connectivity index (χ1n) is 11.8. The van der Waals surface area contributed by atoms with E-state index in [0.717, 1.165) is 10.4 Å². The zero-order valence-electron chi connectivity index (χ0n) is 20.6. The van der Waals surface area contributed by atoms with Gasteiger partial charge in [0.05, 0.1) is 17.9 Å². The maximum atomic E-state index is 14.1. The number of nitrogens with zero attached hydrogens (tertiary/aromatic N) is 3. The quantitative estimate of drug-likeness (QED) is 0.254. The highest BCUT2D eigenvalue weighted by Gasteiger charge is 2.36. The van der Waals surface area contributed by atoms with Crippen molar-refractivity contribution < 1.29 is 13.9 Å². The molecule has 0 radical (unpaired) electrons. The van der Waals surface area contributed by atoms with Crippen molar-refractivity contribution in [3.8, 4) is 5.75 Å². The minimum atomic E-state index is -0.467. The van der Waals surface area contributed by atoms with Crippen LogP contribution < -0.4 is 15.4 Å². The Hall–Kier alpha value is -3.63. The minimum absolute atomic E-state index is 0.253. The monoisotopic (exact) mass is 535 g/mol. The molecule has 5 rings (SSSR count). The summed E-state index contributed by atoms with van der Waals surface area (Å²) in [6.07, 6.45) is 0. The molecule has 4 aromatic rings. The van der Waals surface area contributed by atoms with Crippen LogP contribution in [0.2, 0.25) is 0 Å². The molecular formula is C27H26FN5O2S2. The topological polar surface area (TPSA) is 81.1 Å². The number of halogens is 1. The number of hydrogen-bond donors (Lipinski definition) is 2. The van der Waals surface area contributed by atoms with E-state index in [1.165, 1.54) is 17.8 Å². The van der Waals surface area contributed by atoms with Crippen LogP contribution in [0, 0.1) is 12.7 Å². The standard InChI is InChI=1S/C27H26FN5O2S2/c1-4-35-21-12-8-7-11-20(21)30-25(34)22-17(3)29-26-31-27(37-15-18-9-5-6-10-19(18)28)32-33(26)23(22)24-16(2)13-14-36-24/h5-14,23H,4,15H2,1-3H3,(H,30,34)(H,29,31,32). The molecule has 37 heavy (non-hydrogen) atoms. The van der Waals surface area contributed by atoms with Gasteiger partial charge in [-0.05, 0) is 61.5 Å². The smallest absolute Gasteiger partial charge is 0.256 e. The third-order valence-electron chi connectivity index (χ3n) is 5.98. The minimum Gasteiger partial charge on any atom is -0.492 e. The van der Waals surface area contributed by atoms with Gasteiger partial charge in [0.15, 0.2) is 0 Å². The largest absolute Gasteiger partial charge is 0.492 e. The van der Waals surface area contributed by atoms with Gasteiger partial charge < -0.3 is 15.4 Å². The maximum Gasteiger partial charge on any atom is 0.256 e. The Morgan fingerprint density at radius 1 is 1.19 bits per heavy atom. The molecule has 0 saturated heterocycles. The van der Waals surface area contributed by atoms with E-state index in [9.17, 15) is 9.18 Å². The number of rotatable bonds is 8. The van der Waals surface area contributed by atoms with Crippen LogP contribution in [0.4, 0.5) is 16.0 Å². The number of carbonyl (C=O) groups is 1. The van der Waals surface area contributed by atoms with Gasteiger partial charge in [0.1, 0.15) is 17.6 Å². The highest BCUT2D eigenvalue weighted by atomic mass is 32.2. The van der Waals surface area contributed by atoms with Gasteiger partial charge in [0.2, 0.25) is 11.1 Å². The predicted octanol–water partition coefficient (Wildman–Crippen LogP) is 6.41. The third kappa shape index (κ3) is 5.12. The first kappa shape index (κ1) is 25.0. The number of aryl methyl sites for hydroxylation is 1. The van der Waals surface area contributed by atoms with Crippen LogP contribution >= 0.6 is 23.1 Å². The van der Waals surface area contributed by atoms with E-state index >= 15 is 0 Å². The van der Waals surface area contributed by atoms with Crippen molar-refractivity contribution >= 4 is 40.6 Å². The van der Waals surface area contributed by atoms with E-state index in [0.29, 0.717) is 51.7 Å². The normalized spacial score (nSPS) is 14.8. The molecule has 1 aliphatic rings. The van der Waals surface area contributed by atoms with Crippen molar-refractivity contribution in [1.82, 2.24) is 14.8 Å². The Balaban J connectivity index is 1.48. The second kappa shape index (κ2) is 10.8. The Morgan fingerprint density at radius 2 is 1.97 bits per heavy atom. The number of nitrogens with one attached hydrogen (secondary N) is 2. The lowest BCUT2D eigenvalue weighted by atomic mass is 9.98. The van der Waals surface area contributed by atoms with E-state index in [4.69, 9.17) is 9.84 Å². The average molecular weight is 536 g/mol. The fourth-order valence-electron chi connectivity index (χ4n) is 4.19. The Kier molecular flexibility index (Phi) is 7.29. The van der Waals surface area contributed by atoms with E-state index in [1.54, 1.807) is 28.2 Å². The summed E-state index contributed by atoms with van der Waals surface area (Å²) in [6.45, 7) is 6.28. The predicted molar refractivity (Wildman–Crippen MR) is 146 cm³/mol. The van der Waals surface area contributed by atoms with Crippen molar-refractivity contribution in [2.24, 2.45) is 0 Å². The van der Waals surface area contributed by atoms with E-state index in [2.05, 4.69) is 15.6 Å². The summed E-state index contributed by atoms with van der Waals surface area (Å²) in [6, 6.07) is 15.6. The summed E-state index contributed by atoms with van der Waals surface area (Å²) in [5, 5.41) is 13.5. The van der Waals surface area contributed by atoms with Crippen LogP contribution in [0.3, 0.4) is 0 Å². The summed E-state index contributed by atoms with van der Waals surface area (Å²) in [7, 11) is 0. The number of anilines is 2. The van der Waals surface area contributed by atoms with E-state index in [1.807, 2.05) is 62.5 Å². The molecule has 0 saturated carbocycles. The molecule has 0 fully saturated rings. The van der Waals surface area contributed by atoms with Gasteiger partial charge in [0.25, 0.3) is 5.91 Å². The first-order valence-corrected chi connectivity index (χ1v) is 13.7. The third-order valence-corrected chi connectivity index (χ3v) is 7.94. The molecule has 0 bridgehead atoms. The molecule has 2 aromatic carbocycles. The molecule has 7 nitrogen and oxygen atoms in total. The van der Waals surface area contributed by atoms with Crippen LogP contribution in [-0.4, -0.2) is 27.3 Å². The fourth-order valence-corrected chi connectivity index (χ4v) is 6.03. The SMILES string of the molecule is CCOc1ccccc1NC(=O)C1=C(C)Nc2nc(SCc3ccccc3F)nn2C1c1sccc1C. The summed E-state index contributed by atoms with van der Waals surface area (Å²) in [5.41, 5.74) is 3.48. The van der Waals surface area contributed by atoms with Gasteiger partial charge in [-0.2, -0.15) is 4.98 Å². The number of para-hydroxylation sites is 2. The van der Waals surface area contributed by atoms with Crippen molar-refractivity contribution in [2.45, 2.75) is 37.7 Å². The molecule has 1 amide bonds. The van der Waals surface area contributed by atoms with Crippen molar-refractivity contribution in [1.29, 1.82) is 0 Å². The molecule has 1 atom stereocenters. The summed E-state index contributed by atoms with van der Waals surface area (Å²) in [5.74, 6) is 1.03. The van der Waals surface area contributed by atoms with Crippen LogP contribution in [0.5, 0.6) is 5.75 Å². The number of ether oxygens (including phenoxy) is 1. The molecule has 190 valence electrons. The zero-order valence-corrected chi connectivity index (χ0v) is 22.3. The van der Waals surface area contributed by atoms with Crippen molar-refractivity contribution in [3.63, 3.8) is 0 Å². The molecular weight excluding hydrogens is 509 g/mol. The first-order chi connectivity index (χ1) is 18.0. The number of hydrogen-bond acceptors (Lipinski definition) is 7. The number of thioether (sulfide) groups is 1. The maximum absolute atomic E-state index is 14.1. The molecule has 3 heterocycles. The van der Waals surface area contributed by atoms with E-state index < -0.39 is 6.04 Å². The summed E-state index contributed by atoms with van der Waals surface area (Å²) < 4.78 is 21.6. The second-order valence-corrected chi connectivity index (χ2v) is 10.4. The van der Waals surface area contributed by atoms with Crippen LogP contribution in [0.1, 0.15) is 35.9 Å². The second-order valence-electron chi connectivity index (χ2n) is 8.46. The molecule has 10 heteroatoms. The van der Waals surface area contributed by atoms with Gasteiger partial charge in [-0.25, -0.2) is 9.07 Å². The van der Waals surface area contributed by atoms with Crippen LogP contribution in [-0.2, 0) is 10.5 Å². The van der Waals surface area contributed by atoms with Gasteiger partial charge in [-0.15, -0.1) is 16.4 Å². The number of benzene rings is 2. The van der Waals surface area contributed by atoms with E-state index in [-0.39, 0.29) is 11.7 Å². The average Bonchev–Trinajstić information content (AvgIpc) is 3.49. The summed E-state index contributed by atoms with van der Waals surface area (Å²) in [4.78, 5) is 19.4. The Bertz CT molecular complexity index is 1480. The number of amides is 1. The molecule has 2 N–H and O–H groups in total. The molecule has 0 aliphatic carbocycles. The van der Waals surface area contributed by atoms with Crippen LogP contribution in [0.25, 0.3) is 0 Å². The van der Waals surface area contributed by atoms with Gasteiger partial charge >= 0.3 is 0 Å². The van der Waals surface area contributed by atoms with Crippen LogP contribution in [0.15, 0.2) is 76.4 Å². The van der Waals surface area contributed by atoms with Gasteiger partial charge in [0, 0.05) is 16.3 Å². The van der Waals surface area contributed by atoms with Gasteiger partial charge in [-0.1, -0.05) is 42.1 Å². The highest BCUT2D eigenvalue weighted by Crippen LogP contribution is 2.40. The number of thiophene rings is 1. The van der Waals surface area contributed by atoms with Crippen molar-refractivity contribution in [2.75, 3.05) is 17.2 Å². The molecule has 1 unspecified atom stereocenters. The number of allylic oxidation sites excluding steroid dienone is 1. The number of carbonyl (C=O) groups excluding carboxylic acids is 1. The lowest BCUT2D eigenvalue weighted by Crippen LogP contribution is -2.31. The zero-order chi connectivity index (χ0) is 25.9. The lowest BCUT2D eigenvalue weighted by molar-refractivity contribution is -0.113. The Morgan fingerprint density at radius 3 is 2.73 bits per heavy atom. The molecule has 0 spiro atoms. The number of aromatic nitrogens is 3. The number of fused-ring (bicyclic) bond motifs is 1. The highest BCUT2D eigenvalue weighted by molar-refractivity contribution is 7.98. The molecule has 2 aromatic heterocycles. The Labute approximate surface area is 222 Å². The fraction of sp³-hybridized carbons (Fsp3) is 0.222. The van der Waals surface area contributed by atoms with Crippen molar-refractivity contribution in [3.05, 3.63) is 93.1 Å².